The molecule has 2 aromatic rings. The smallest absolute Gasteiger partial charge is 0.147 e. The lowest BCUT2D eigenvalue weighted by molar-refractivity contribution is -0.116. The molecule has 1 nitrogen and oxygen atoms in total. The molecule has 0 aliphatic heterocycles. The topological polar surface area (TPSA) is 17.1 Å². The number of hydrogen-bond acceptors (Lipinski definition) is 2. The fourth-order valence-electron chi connectivity index (χ4n) is 1.72. The first-order chi connectivity index (χ1) is 9.13. The zero-order valence-electron chi connectivity index (χ0n) is 10.7. The van der Waals surface area contributed by atoms with Gasteiger partial charge in [-0.15, -0.1) is 11.8 Å². The van der Waals surface area contributed by atoms with Gasteiger partial charge in [-0.2, -0.15) is 0 Å². The van der Waals surface area contributed by atoms with Crippen LogP contribution < -0.4 is 0 Å². The highest BCUT2D eigenvalue weighted by molar-refractivity contribution is 8.00. The number of rotatable bonds is 5. The van der Waals surface area contributed by atoms with E-state index in [1.165, 1.54) is 29.5 Å². The van der Waals surface area contributed by atoms with Crippen LogP contribution in [-0.2, 0) is 11.2 Å². The highest BCUT2D eigenvalue weighted by atomic mass is 32.2. The molecule has 0 saturated carbocycles. The molecular formula is C16H15FOS. The average Bonchev–Trinajstić information content (AvgIpc) is 2.38. The minimum atomic E-state index is -0.295. The molecule has 98 valence electrons. The number of benzene rings is 2. The minimum absolute atomic E-state index is 0.108. The van der Waals surface area contributed by atoms with Crippen molar-refractivity contribution >= 4 is 17.5 Å². The van der Waals surface area contributed by atoms with Gasteiger partial charge in [-0.05, 0) is 36.8 Å². The Hall–Kier alpha value is -1.61. The summed E-state index contributed by atoms with van der Waals surface area (Å²) in [6.07, 6.45) is 0.288. The van der Waals surface area contributed by atoms with Gasteiger partial charge in [0.2, 0.25) is 0 Å². The normalized spacial score (nSPS) is 10.4. The van der Waals surface area contributed by atoms with E-state index in [0.717, 1.165) is 10.5 Å². The molecule has 0 radical (unpaired) electrons. The highest BCUT2D eigenvalue weighted by Gasteiger charge is 2.05. The predicted octanol–water partition coefficient (Wildman–Crippen LogP) is 4.04. The van der Waals surface area contributed by atoms with Gasteiger partial charge in [0.05, 0.1) is 5.75 Å². The number of halogens is 1. The lowest BCUT2D eigenvalue weighted by Crippen LogP contribution is -2.05. The third-order valence-electron chi connectivity index (χ3n) is 2.71. The first-order valence-electron chi connectivity index (χ1n) is 6.09. The molecule has 0 spiro atoms. The van der Waals surface area contributed by atoms with Crippen molar-refractivity contribution in [2.45, 2.75) is 18.2 Å². The Bertz CT molecular complexity index is 563. The van der Waals surface area contributed by atoms with Crippen molar-refractivity contribution in [2.24, 2.45) is 0 Å². The third-order valence-corrected chi connectivity index (χ3v) is 3.78. The molecule has 0 heterocycles. The van der Waals surface area contributed by atoms with E-state index in [4.69, 9.17) is 0 Å². The Kier molecular flexibility index (Phi) is 4.74. The SMILES string of the molecule is Cc1ccc(SCC(=O)Cc2cccc(F)c2)cc1. The summed E-state index contributed by atoms with van der Waals surface area (Å²) < 4.78 is 13.0. The van der Waals surface area contributed by atoms with Crippen molar-refractivity contribution in [1.82, 2.24) is 0 Å². The van der Waals surface area contributed by atoms with Crippen LogP contribution in [0.4, 0.5) is 4.39 Å². The van der Waals surface area contributed by atoms with Gasteiger partial charge < -0.3 is 0 Å². The molecule has 0 aromatic heterocycles. The van der Waals surface area contributed by atoms with Gasteiger partial charge >= 0.3 is 0 Å². The van der Waals surface area contributed by atoms with E-state index in [2.05, 4.69) is 0 Å². The number of Topliss-reactive ketones (excluding diaryl/α,β-unsaturated/α-hetero) is 1. The zero-order chi connectivity index (χ0) is 13.7. The lowest BCUT2D eigenvalue weighted by Gasteiger charge is -2.03. The molecule has 0 aliphatic rings. The van der Waals surface area contributed by atoms with Gasteiger partial charge in [0.1, 0.15) is 11.6 Å². The van der Waals surface area contributed by atoms with Crippen LogP contribution in [0.25, 0.3) is 0 Å². The second-order valence-corrected chi connectivity index (χ2v) is 5.50. The number of hydrogen-bond donors (Lipinski definition) is 0. The molecule has 2 rings (SSSR count). The van der Waals surface area contributed by atoms with Crippen molar-refractivity contribution in [3.05, 3.63) is 65.5 Å². The number of ketones is 1. The van der Waals surface area contributed by atoms with Crippen LogP contribution in [0.3, 0.4) is 0 Å². The summed E-state index contributed by atoms with van der Waals surface area (Å²) >= 11 is 1.52. The molecule has 2 aromatic carbocycles. The van der Waals surface area contributed by atoms with Crippen LogP contribution in [0.1, 0.15) is 11.1 Å². The maximum absolute atomic E-state index is 13.0. The summed E-state index contributed by atoms with van der Waals surface area (Å²) in [7, 11) is 0. The molecule has 0 atom stereocenters. The van der Waals surface area contributed by atoms with Crippen molar-refractivity contribution in [1.29, 1.82) is 0 Å². The molecule has 0 aliphatic carbocycles. The molecule has 0 unspecified atom stereocenters. The highest BCUT2D eigenvalue weighted by Crippen LogP contribution is 2.18. The summed E-state index contributed by atoms with van der Waals surface area (Å²) in [5, 5.41) is 0. The predicted molar refractivity (Wildman–Crippen MR) is 77.0 cm³/mol. The fraction of sp³-hybridized carbons (Fsp3) is 0.188. The third kappa shape index (κ3) is 4.52. The summed E-state index contributed by atoms with van der Waals surface area (Å²) in [5.41, 5.74) is 1.94. The van der Waals surface area contributed by atoms with Crippen molar-refractivity contribution in [2.75, 3.05) is 5.75 Å². The van der Waals surface area contributed by atoms with E-state index in [1.807, 2.05) is 31.2 Å². The standard InChI is InChI=1S/C16H15FOS/c1-12-5-7-16(8-6-12)19-11-15(18)10-13-3-2-4-14(17)9-13/h2-9H,10-11H2,1H3. The van der Waals surface area contributed by atoms with Crippen molar-refractivity contribution in [3.63, 3.8) is 0 Å². The molecule has 0 bridgehead atoms. The van der Waals surface area contributed by atoms with E-state index in [9.17, 15) is 9.18 Å². The molecule has 0 fully saturated rings. The molecule has 0 saturated heterocycles. The molecule has 0 amide bonds. The van der Waals surface area contributed by atoms with Gasteiger partial charge in [-0.1, -0.05) is 29.8 Å². The maximum atomic E-state index is 13.0. The number of thioether (sulfide) groups is 1. The Morgan fingerprint density at radius 1 is 1.16 bits per heavy atom. The largest absolute Gasteiger partial charge is 0.298 e. The van der Waals surface area contributed by atoms with Crippen molar-refractivity contribution < 1.29 is 9.18 Å². The minimum Gasteiger partial charge on any atom is -0.298 e. The monoisotopic (exact) mass is 274 g/mol. The summed E-state index contributed by atoms with van der Waals surface area (Å²) in [4.78, 5) is 12.9. The van der Waals surface area contributed by atoms with Crippen LogP contribution >= 0.6 is 11.8 Å². The Labute approximate surface area is 116 Å². The summed E-state index contributed by atoms with van der Waals surface area (Å²) in [6, 6.07) is 14.3. The molecule has 0 N–H and O–H groups in total. The first-order valence-corrected chi connectivity index (χ1v) is 7.07. The van der Waals surface area contributed by atoms with E-state index in [-0.39, 0.29) is 18.0 Å². The van der Waals surface area contributed by atoms with Gasteiger partial charge in [0.15, 0.2) is 0 Å². The van der Waals surface area contributed by atoms with E-state index >= 15 is 0 Å². The maximum Gasteiger partial charge on any atom is 0.147 e. The van der Waals surface area contributed by atoms with E-state index in [0.29, 0.717) is 5.75 Å². The summed E-state index contributed by atoms with van der Waals surface area (Å²) in [5.74, 6) is 0.229. The Balaban J connectivity index is 1.86. The quantitative estimate of drug-likeness (QED) is 0.765. The number of aryl methyl sites for hydroxylation is 1. The summed E-state index contributed by atoms with van der Waals surface area (Å²) in [6.45, 7) is 2.03. The van der Waals surface area contributed by atoms with Crippen LogP contribution in [0.2, 0.25) is 0 Å². The molecule has 19 heavy (non-hydrogen) atoms. The van der Waals surface area contributed by atoms with Gasteiger partial charge in [0, 0.05) is 11.3 Å². The Morgan fingerprint density at radius 2 is 1.89 bits per heavy atom. The zero-order valence-corrected chi connectivity index (χ0v) is 11.5. The number of carbonyl (C=O) groups excluding carboxylic acids is 1. The Morgan fingerprint density at radius 3 is 2.58 bits per heavy atom. The second kappa shape index (κ2) is 6.53. The first kappa shape index (κ1) is 13.8. The molecule has 3 heteroatoms. The molecular weight excluding hydrogens is 259 g/mol. The van der Waals surface area contributed by atoms with E-state index in [1.54, 1.807) is 12.1 Å². The fourth-order valence-corrected chi connectivity index (χ4v) is 2.48. The van der Waals surface area contributed by atoms with Crippen molar-refractivity contribution in [3.8, 4) is 0 Å². The van der Waals surface area contributed by atoms with Crippen LogP contribution in [0, 0.1) is 12.7 Å². The van der Waals surface area contributed by atoms with Gasteiger partial charge in [-0.3, -0.25) is 4.79 Å². The van der Waals surface area contributed by atoms with Crippen LogP contribution in [0.5, 0.6) is 0 Å². The van der Waals surface area contributed by atoms with Crippen LogP contribution in [-0.4, -0.2) is 11.5 Å². The van der Waals surface area contributed by atoms with Gasteiger partial charge in [0.25, 0.3) is 0 Å². The van der Waals surface area contributed by atoms with E-state index < -0.39 is 0 Å². The van der Waals surface area contributed by atoms with Gasteiger partial charge in [-0.25, -0.2) is 4.39 Å². The second-order valence-electron chi connectivity index (χ2n) is 4.45. The average molecular weight is 274 g/mol. The lowest BCUT2D eigenvalue weighted by atomic mass is 10.1. The number of carbonyl (C=O) groups is 1. The van der Waals surface area contributed by atoms with Crippen LogP contribution in [0.15, 0.2) is 53.4 Å².